The smallest absolute Gasteiger partial charge is 0.0724 e. The van der Waals surface area contributed by atoms with Crippen LogP contribution in [0.15, 0.2) is 109 Å². The van der Waals surface area contributed by atoms with Crippen LogP contribution in [-0.2, 0) is 45.0 Å². The first-order chi connectivity index (χ1) is 43.2. The Labute approximate surface area is 527 Å². The van der Waals surface area contributed by atoms with Crippen molar-refractivity contribution in [1.29, 1.82) is 0 Å². The Morgan fingerprint density at radius 3 is 1.54 bits per heavy atom. The summed E-state index contributed by atoms with van der Waals surface area (Å²) < 4.78 is 21.3. The van der Waals surface area contributed by atoms with Crippen molar-refractivity contribution in [3.63, 3.8) is 0 Å². The fourth-order valence-corrected chi connectivity index (χ4v) is 14.0. The first-order valence-corrected chi connectivity index (χ1v) is 35.0. The van der Waals surface area contributed by atoms with Crippen LogP contribution in [-0.4, -0.2) is 197 Å². The number of dihydropyridines is 1. The lowest BCUT2D eigenvalue weighted by molar-refractivity contribution is -0.0231. The van der Waals surface area contributed by atoms with Gasteiger partial charge in [-0.2, -0.15) is 0 Å². The van der Waals surface area contributed by atoms with Crippen LogP contribution >= 0.6 is 0 Å². The summed E-state index contributed by atoms with van der Waals surface area (Å²) in [5.74, 6) is 2.78. The Kier molecular flexibility index (Phi) is 35.0. The molecule has 87 heavy (non-hydrogen) atoms. The van der Waals surface area contributed by atoms with Crippen LogP contribution in [0.1, 0.15) is 112 Å². The molecule has 11 saturated heterocycles. The Bertz CT molecular complexity index is 1940. The number of benzene rings is 3. The maximum atomic E-state index is 5.40. The van der Waals surface area contributed by atoms with E-state index in [0.29, 0.717) is 6.04 Å². The van der Waals surface area contributed by atoms with Crippen LogP contribution < -0.4 is 47.9 Å². The van der Waals surface area contributed by atoms with E-state index in [4.69, 9.17) is 18.9 Å². The molecule has 18 rings (SSSR count). The fourth-order valence-electron chi connectivity index (χ4n) is 14.0. The van der Waals surface area contributed by atoms with Gasteiger partial charge in [-0.3, -0.25) is 9.80 Å². The number of morpholine rings is 2. The first kappa shape index (κ1) is 69.3. The molecule has 2 aliphatic carbocycles. The summed E-state index contributed by atoms with van der Waals surface area (Å²) in [5.41, 5.74) is 5.82. The molecule has 13 aliphatic heterocycles. The minimum absolute atomic E-state index is 0.655. The lowest BCUT2D eigenvalue weighted by Gasteiger charge is -2.39. The standard InChI is InChI=1S/C9H10.C8H15NO.C8H8O.C7H14N2O.C7H13NO.C7H13N.C6H12N2.C6H6.C5H11N.C5H7N.C4H10N2/c1-2-5-9-7-3-6-8(9)4-1;1-2-4-9-5-6-10-7-8(9)3-1;1-2-4-8-6-9-5-7(8)3-1;1-2-9-3-4-10-6-7(9)5-8-1;1-2-8-3-7-5-9-4-6(1)7;1-2-6-4-5-8-7(6)3-1;1-2-6-4-7-3-5(1)8-6;3*1-2-4-6-5-3-1;1-2-6-4-3-5-1/h1-2,4-5H,3,6-7H2;8H,1-7H2;1-4H,5-6H2;7-8H,1-6H2;6-8H,1-5H2;6-8H,1-5H2;5-8H,1-4H2;1-6H;6H,1-5H2;1-4,6H,5H2;5-6H,1-4H2. The Hall–Kier alpha value is -3.62. The zero-order valence-electron chi connectivity index (χ0n) is 53.7. The average molecular weight is 1200 g/mol. The van der Waals surface area contributed by atoms with E-state index < -0.39 is 0 Å². The number of hydrogen-bond acceptors (Lipinski definition) is 15. The van der Waals surface area contributed by atoms with Crippen molar-refractivity contribution in [2.24, 2.45) is 17.8 Å². The molecule has 3 aromatic carbocycles. The van der Waals surface area contributed by atoms with Crippen LogP contribution in [0.4, 0.5) is 0 Å². The second-order valence-electron chi connectivity index (χ2n) is 25.7. The Balaban J connectivity index is 0.000000125. The van der Waals surface area contributed by atoms with Crippen LogP contribution in [0.5, 0.6) is 0 Å². The highest BCUT2D eigenvalue weighted by atomic mass is 16.5. The van der Waals surface area contributed by atoms with Gasteiger partial charge < -0.3 is 66.8 Å². The maximum Gasteiger partial charge on any atom is 0.0724 e. The van der Waals surface area contributed by atoms with Gasteiger partial charge in [0.05, 0.1) is 46.2 Å². The van der Waals surface area contributed by atoms with E-state index in [0.717, 1.165) is 147 Å². The first-order valence-electron chi connectivity index (χ1n) is 35.0. The van der Waals surface area contributed by atoms with Crippen LogP contribution in [0.3, 0.4) is 0 Å². The minimum atomic E-state index is 0.655. The van der Waals surface area contributed by atoms with Gasteiger partial charge in [0.1, 0.15) is 0 Å². The van der Waals surface area contributed by atoms with Gasteiger partial charge in [-0.1, -0.05) is 116 Å². The largest absolute Gasteiger partial charge is 0.387 e. The molecule has 15 aliphatic rings. The normalized spacial score (nSPS) is 29.1. The SMILES string of the molecule is C1=CCNC=C1.C1CC2CCNC2C1.C1CC2CNCC1N2.C1CC2COCC2CN1.C1CCN2CCOCC2C1.C1CCNCC1.C1CN2CCOCC2CN1.C1CNCCN1.c1ccc2c(c1)CCC2.c1ccc2c(c1)COC2.c1ccccc1. The molecular formula is C72H119N11O4. The Morgan fingerprint density at radius 1 is 0.379 bits per heavy atom. The summed E-state index contributed by atoms with van der Waals surface area (Å²) in [6, 6.07) is 33.0. The summed E-state index contributed by atoms with van der Waals surface area (Å²) in [5, 5.41) is 29.9. The van der Waals surface area contributed by atoms with Gasteiger partial charge in [-0.25, -0.2) is 0 Å². The number of aryl methyl sites for hydroxylation is 2. The van der Waals surface area contributed by atoms with Gasteiger partial charge >= 0.3 is 0 Å². The topological polar surface area (TPSA) is 152 Å². The predicted molar refractivity (Wildman–Crippen MR) is 360 cm³/mol. The van der Waals surface area contributed by atoms with Crippen LogP contribution in [0, 0.1) is 17.8 Å². The van der Waals surface area contributed by atoms with Crippen molar-refractivity contribution in [3.05, 3.63) is 132 Å². The highest BCUT2D eigenvalue weighted by Gasteiger charge is 2.32. The molecule has 486 valence electrons. The van der Waals surface area contributed by atoms with Gasteiger partial charge in [0, 0.05) is 122 Å². The van der Waals surface area contributed by atoms with Crippen molar-refractivity contribution in [2.45, 2.75) is 146 Å². The van der Waals surface area contributed by atoms with E-state index in [9.17, 15) is 0 Å². The predicted octanol–water partition coefficient (Wildman–Crippen LogP) is 7.44. The molecule has 13 heterocycles. The van der Waals surface area contributed by atoms with Gasteiger partial charge in [-0.05, 0) is 168 Å². The molecule has 12 fully saturated rings. The van der Waals surface area contributed by atoms with Crippen molar-refractivity contribution < 1.29 is 18.9 Å². The molecule has 8 unspecified atom stereocenters. The fraction of sp³-hybridized carbons (Fsp3) is 0.694. The molecule has 15 heteroatoms. The second kappa shape index (κ2) is 44.0. The summed E-state index contributed by atoms with van der Waals surface area (Å²) in [6.45, 7) is 28.6. The molecule has 15 nitrogen and oxygen atoms in total. The summed E-state index contributed by atoms with van der Waals surface area (Å²) in [7, 11) is 0. The molecule has 1 saturated carbocycles. The third-order valence-corrected chi connectivity index (χ3v) is 19.2. The van der Waals surface area contributed by atoms with Gasteiger partial charge in [0.2, 0.25) is 0 Å². The third kappa shape index (κ3) is 27.8. The molecule has 3 aromatic rings. The number of piperazine rings is 3. The zero-order chi connectivity index (χ0) is 59.7. The van der Waals surface area contributed by atoms with Crippen LogP contribution in [0.25, 0.3) is 0 Å². The van der Waals surface area contributed by atoms with Crippen molar-refractivity contribution in [2.75, 3.05) is 157 Å². The van der Waals surface area contributed by atoms with Gasteiger partial charge in [0.15, 0.2) is 0 Å². The number of hydrogen-bond donors (Lipinski definition) is 9. The highest BCUT2D eigenvalue weighted by molar-refractivity contribution is 5.30. The van der Waals surface area contributed by atoms with Crippen LogP contribution in [0.2, 0.25) is 0 Å². The molecule has 9 N–H and O–H groups in total. The molecule has 2 bridgehead atoms. The molecular weight excluding hydrogens is 1080 g/mol. The van der Waals surface area contributed by atoms with E-state index in [2.05, 4.69) is 100 Å². The number of nitrogens with one attached hydrogen (secondary N) is 9. The lowest BCUT2D eigenvalue weighted by atomic mass is 9.90. The molecule has 0 radical (unpaired) electrons. The van der Waals surface area contributed by atoms with Gasteiger partial charge in [-0.15, -0.1) is 0 Å². The summed E-state index contributed by atoms with van der Waals surface area (Å²) >= 11 is 0. The highest BCUT2D eigenvalue weighted by Crippen LogP contribution is 2.31. The number of nitrogens with zero attached hydrogens (tertiary/aromatic N) is 2. The number of rotatable bonds is 0. The number of piperidine rings is 3. The van der Waals surface area contributed by atoms with E-state index in [1.165, 1.54) is 179 Å². The monoisotopic (exact) mass is 1200 g/mol. The maximum absolute atomic E-state index is 5.40. The minimum Gasteiger partial charge on any atom is -0.387 e. The molecule has 8 atom stereocenters. The van der Waals surface area contributed by atoms with Crippen molar-refractivity contribution in [1.82, 2.24) is 57.7 Å². The van der Waals surface area contributed by atoms with Crippen molar-refractivity contribution >= 4 is 0 Å². The van der Waals surface area contributed by atoms with Crippen molar-refractivity contribution in [3.8, 4) is 0 Å². The van der Waals surface area contributed by atoms with E-state index in [1.54, 1.807) is 11.1 Å². The second-order valence-corrected chi connectivity index (χ2v) is 25.7. The van der Waals surface area contributed by atoms with E-state index in [1.807, 2.05) is 66.9 Å². The van der Waals surface area contributed by atoms with E-state index >= 15 is 0 Å². The van der Waals surface area contributed by atoms with Gasteiger partial charge in [0.25, 0.3) is 0 Å². The third-order valence-electron chi connectivity index (χ3n) is 19.2. The number of fused-ring (bicyclic) bond motifs is 8. The molecule has 0 amide bonds. The number of allylic oxidation sites excluding steroid dienone is 2. The quantitative estimate of drug-likeness (QED) is 0.110. The van der Waals surface area contributed by atoms with E-state index in [-0.39, 0.29) is 0 Å². The summed E-state index contributed by atoms with van der Waals surface area (Å²) in [4.78, 5) is 5.09. The Morgan fingerprint density at radius 2 is 1.00 bits per heavy atom. The molecule has 0 aromatic heterocycles. The molecule has 0 spiro atoms. The number of ether oxygens (including phenoxy) is 4. The average Bonchev–Trinajstić information content (AvgIpc) is 4.68. The zero-order valence-corrected chi connectivity index (χ0v) is 53.7. The lowest BCUT2D eigenvalue weighted by Crippen LogP contribution is -2.56. The summed E-state index contributed by atoms with van der Waals surface area (Å²) in [6.07, 6.45) is 30.3.